The lowest BCUT2D eigenvalue weighted by atomic mass is 9.87. The van der Waals surface area contributed by atoms with Crippen LogP contribution < -0.4 is 10.1 Å². The summed E-state index contributed by atoms with van der Waals surface area (Å²) in [5.74, 6) is 1.11. The van der Waals surface area contributed by atoms with Gasteiger partial charge in [0.1, 0.15) is 5.75 Å². The smallest absolute Gasteiger partial charge is 0.122 e. The Morgan fingerprint density at radius 3 is 3.00 bits per heavy atom. The first-order valence-electron chi connectivity index (χ1n) is 7.34. The molecule has 2 heteroatoms. The second kappa shape index (κ2) is 6.79. The minimum Gasteiger partial charge on any atom is -0.493 e. The van der Waals surface area contributed by atoms with Gasteiger partial charge in [-0.05, 0) is 49.4 Å². The van der Waals surface area contributed by atoms with Gasteiger partial charge in [0.05, 0.1) is 6.61 Å². The molecular weight excluding hydrogens is 222 g/mol. The van der Waals surface area contributed by atoms with Crippen LogP contribution in [-0.2, 0) is 6.42 Å². The van der Waals surface area contributed by atoms with Gasteiger partial charge in [0.15, 0.2) is 0 Å². The van der Waals surface area contributed by atoms with E-state index in [0.29, 0.717) is 6.04 Å². The maximum Gasteiger partial charge on any atom is 0.122 e. The van der Waals surface area contributed by atoms with Gasteiger partial charge in [0, 0.05) is 6.04 Å². The zero-order valence-corrected chi connectivity index (χ0v) is 11.7. The number of ether oxygens (including phenoxy) is 1. The predicted molar refractivity (Wildman–Crippen MR) is 76.2 cm³/mol. The first kappa shape index (κ1) is 13.4. The quantitative estimate of drug-likeness (QED) is 0.771. The highest BCUT2D eigenvalue weighted by molar-refractivity contribution is 5.43. The summed E-state index contributed by atoms with van der Waals surface area (Å²) in [6.07, 6.45) is 6.01. The predicted octanol–water partition coefficient (Wildman–Crippen LogP) is 3.85. The normalized spacial score (nSPS) is 18.4. The van der Waals surface area contributed by atoms with Crippen LogP contribution in [0.4, 0.5) is 0 Å². The summed E-state index contributed by atoms with van der Waals surface area (Å²) >= 11 is 0. The van der Waals surface area contributed by atoms with E-state index in [1.54, 1.807) is 0 Å². The fraction of sp³-hybridized carbons (Fsp3) is 0.625. The lowest BCUT2D eigenvalue weighted by Crippen LogP contribution is -2.25. The standard InChI is InChI=1S/C16H25NO/c1-3-5-12-18-16-11-7-8-13-14(16)9-6-10-15(13)17-4-2/h7-8,11,15,17H,3-6,9-10,12H2,1-2H3. The van der Waals surface area contributed by atoms with Gasteiger partial charge in [0.25, 0.3) is 0 Å². The maximum absolute atomic E-state index is 5.94. The molecule has 0 spiro atoms. The molecule has 1 aromatic carbocycles. The third-order valence-corrected chi connectivity index (χ3v) is 3.67. The maximum atomic E-state index is 5.94. The molecule has 1 atom stereocenters. The van der Waals surface area contributed by atoms with E-state index in [1.807, 2.05) is 0 Å². The summed E-state index contributed by atoms with van der Waals surface area (Å²) in [6.45, 7) is 6.25. The summed E-state index contributed by atoms with van der Waals surface area (Å²) in [5.41, 5.74) is 2.89. The number of benzene rings is 1. The van der Waals surface area contributed by atoms with Crippen LogP contribution >= 0.6 is 0 Å². The van der Waals surface area contributed by atoms with Crippen molar-refractivity contribution in [3.05, 3.63) is 29.3 Å². The molecule has 0 fully saturated rings. The number of unbranched alkanes of at least 4 members (excludes halogenated alkanes) is 1. The van der Waals surface area contributed by atoms with Crippen LogP contribution in [0.1, 0.15) is 56.7 Å². The number of rotatable bonds is 6. The minimum atomic E-state index is 0.522. The van der Waals surface area contributed by atoms with E-state index in [1.165, 1.54) is 36.8 Å². The van der Waals surface area contributed by atoms with Gasteiger partial charge >= 0.3 is 0 Å². The molecule has 1 unspecified atom stereocenters. The van der Waals surface area contributed by atoms with Crippen LogP contribution in [0.5, 0.6) is 5.75 Å². The van der Waals surface area contributed by atoms with Crippen molar-refractivity contribution >= 4 is 0 Å². The Bertz CT molecular complexity index is 375. The number of fused-ring (bicyclic) bond motifs is 1. The number of hydrogen-bond acceptors (Lipinski definition) is 2. The van der Waals surface area contributed by atoms with Crippen LogP contribution in [0.2, 0.25) is 0 Å². The van der Waals surface area contributed by atoms with Gasteiger partial charge in [-0.2, -0.15) is 0 Å². The van der Waals surface area contributed by atoms with E-state index < -0.39 is 0 Å². The highest BCUT2D eigenvalue weighted by Crippen LogP contribution is 2.35. The van der Waals surface area contributed by atoms with Gasteiger partial charge in [-0.3, -0.25) is 0 Å². The van der Waals surface area contributed by atoms with Crippen LogP contribution in [0.15, 0.2) is 18.2 Å². The molecule has 0 saturated heterocycles. The van der Waals surface area contributed by atoms with Crippen molar-refractivity contribution in [3.63, 3.8) is 0 Å². The molecule has 1 aromatic rings. The molecule has 0 bridgehead atoms. The van der Waals surface area contributed by atoms with E-state index >= 15 is 0 Å². The monoisotopic (exact) mass is 247 g/mol. The Morgan fingerprint density at radius 1 is 1.33 bits per heavy atom. The summed E-state index contributed by atoms with van der Waals surface area (Å²) in [5, 5.41) is 3.58. The Kier molecular flexibility index (Phi) is 5.06. The summed E-state index contributed by atoms with van der Waals surface area (Å²) < 4.78 is 5.94. The van der Waals surface area contributed by atoms with Gasteiger partial charge < -0.3 is 10.1 Å². The zero-order chi connectivity index (χ0) is 12.8. The van der Waals surface area contributed by atoms with Gasteiger partial charge in [-0.1, -0.05) is 32.4 Å². The lowest BCUT2D eigenvalue weighted by Gasteiger charge is -2.27. The molecule has 1 N–H and O–H groups in total. The highest BCUT2D eigenvalue weighted by atomic mass is 16.5. The largest absolute Gasteiger partial charge is 0.493 e. The van der Waals surface area contributed by atoms with Crippen molar-refractivity contribution in [2.75, 3.05) is 13.2 Å². The Labute approximate surface area is 111 Å². The molecule has 1 aliphatic rings. The molecule has 0 amide bonds. The molecule has 0 aliphatic heterocycles. The first-order valence-corrected chi connectivity index (χ1v) is 7.34. The van der Waals surface area contributed by atoms with Crippen molar-refractivity contribution in [3.8, 4) is 5.75 Å². The topological polar surface area (TPSA) is 21.3 Å². The molecule has 1 aliphatic carbocycles. The molecule has 18 heavy (non-hydrogen) atoms. The van der Waals surface area contributed by atoms with Gasteiger partial charge in [0.2, 0.25) is 0 Å². The van der Waals surface area contributed by atoms with Crippen LogP contribution in [0.25, 0.3) is 0 Å². The molecule has 0 radical (unpaired) electrons. The number of hydrogen-bond donors (Lipinski definition) is 1. The van der Waals surface area contributed by atoms with E-state index in [2.05, 4.69) is 37.4 Å². The van der Waals surface area contributed by atoms with Gasteiger partial charge in [-0.25, -0.2) is 0 Å². The Balaban J connectivity index is 2.15. The van der Waals surface area contributed by atoms with E-state index in [0.717, 1.165) is 25.3 Å². The Morgan fingerprint density at radius 2 is 2.22 bits per heavy atom. The minimum absolute atomic E-state index is 0.522. The second-order valence-electron chi connectivity index (χ2n) is 5.03. The molecule has 0 aromatic heterocycles. The average molecular weight is 247 g/mol. The SMILES string of the molecule is CCCCOc1cccc2c1CCCC2NCC. The van der Waals surface area contributed by atoms with Crippen molar-refractivity contribution in [1.29, 1.82) is 0 Å². The van der Waals surface area contributed by atoms with Crippen molar-refractivity contribution in [1.82, 2.24) is 5.32 Å². The van der Waals surface area contributed by atoms with E-state index in [4.69, 9.17) is 4.74 Å². The third kappa shape index (κ3) is 3.05. The molecule has 2 nitrogen and oxygen atoms in total. The van der Waals surface area contributed by atoms with Crippen molar-refractivity contribution < 1.29 is 4.74 Å². The Hall–Kier alpha value is -1.02. The van der Waals surface area contributed by atoms with Crippen LogP contribution in [0, 0.1) is 0 Å². The fourth-order valence-corrected chi connectivity index (χ4v) is 2.74. The summed E-state index contributed by atoms with van der Waals surface area (Å²) in [6, 6.07) is 7.04. The number of nitrogens with one attached hydrogen (secondary N) is 1. The summed E-state index contributed by atoms with van der Waals surface area (Å²) in [7, 11) is 0. The van der Waals surface area contributed by atoms with Crippen LogP contribution in [-0.4, -0.2) is 13.2 Å². The lowest BCUT2D eigenvalue weighted by molar-refractivity contribution is 0.303. The third-order valence-electron chi connectivity index (χ3n) is 3.67. The molecule has 100 valence electrons. The second-order valence-corrected chi connectivity index (χ2v) is 5.03. The van der Waals surface area contributed by atoms with Crippen LogP contribution in [0.3, 0.4) is 0 Å². The zero-order valence-electron chi connectivity index (χ0n) is 11.7. The molecular formula is C16H25NO. The molecule has 0 saturated carbocycles. The van der Waals surface area contributed by atoms with E-state index in [-0.39, 0.29) is 0 Å². The average Bonchev–Trinajstić information content (AvgIpc) is 2.40. The van der Waals surface area contributed by atoms with Crippen molar-refractivity contribution in [2.24, 2.45) is 0 Å². The first-order chi connectivity index (χ1) is 8.86. The van der Waals surface area contributed by atoms with Crippen molar-refractivity contribution in [2.45, 2.75) is 52.0 Å². The fourth-order valence-electron chi connectivity index (χ4n) is 2.74. The van der Waals surface area contributed by atoms with E-state index in [9.17, 15) is 0 Å². The molecule has 2 rings (SSSR count). The summed E-state index contributed by atoms with van der Waals surface area (Å²) in [4.78, 5) is 0. The molecule has 0 heterocycles. The highest BCUT2D eigenvalue weighted by Gasteiger charge is 2.21. The van der Waals surface area contributed by atoms with Gasteiger partial charge in [-0.15, -0.1) is 0 Å².